The van der Waals surface area contributed by atoms with Gasteiger partial charge in [-0.05, 0) is 30.3 Å². The molecule has 1 heterocycles. The van der Waals surface area contributed by atoms with E-state index in [0.29, 0.717) is 22.6 Å². The molecule has 1 aromatic carbocycles. The summed E-state index contributed by atoms with van der Waals surface area (Å²) in [7, 11) is 3.16. The molecule has 1 aromatic heterocycles. The summed E-state index contributed by atoms with van der Waals surface area (Å²) >= 11 is 0. The molecule has 2 rings (SSSR count). The Hall–Kier alpha value is -2.23. The van der Waals surface area contributed by atoms with E-state index in [1.807, 2.05) is 0 Å². The second-order valence-corrected chi connectivity index (χ2v) is 3.48. The first-order chi connectivity index (χ1) is 8.26. The van der Waals surface area contributed by atoms with Gasteiger partial charge in [0.05, 0.1) is 19.8 Å². The van der Waals surface area contributed by atoms with Crippen LogP contribution in [0.2, 0.25) is 0 Å². The largest absolute Gasteiger partial charge is 0.497 e. The van der Waals surface area contributed by atoms with E-state index < -0.39 is 0 Å². The summed E-state index contributed by atoms with van der Waals surface area (Å²) in [5.74, 6) is 1.33. The van der Waals surface area contributed by atoms with Gasteiger partial charge in [-0.25, -0.2) is 0 Å². The summed E-state index contributed by atoms with van der Waals surface area (Å²) in [6.45, 7) is 0. The van der Waals surface area contributed by atoms with Crippen molar-refractivity contribution in [3.63, 3.8) is 0 Å². The van der Waals surface area contributed by atoms with E-state index in [0.717, 1.165) is 0 Å². The number of aromatic nitrogens is 1. The number of rotatable bonds is 3. The van der Waals surface area contributed by atoms with Gasteiger partial charge < -0.3 is 14.5 Å². The smallest absolute Gasteiger partial charge is 0.255 e. The molecule has 2 aromatic rings. The van der Waals surface area contributed by atoms with Crippen molar-refractivity contribution in [1.29, 1.82) is 0 Å². The number of H-pyrrole nitrogens is 1. The number of hydrogen-bond acceptors (Lipinski definition) is 3. The number of ether oxygens (including phenoxy) is 2. The zero-order chi connectivity index (χ0) is 12.3. The van der Waals surface area contributed by atoms with Crippen LogP contribution in [0.3, 0.4) is 0 Å². The number of methoxy groups -OCH3 is 2. The van der Waals surface area contributed by atoms with E-state index in [2.05, 4.69) is 4.98 Å². The summed E-state index contributed by atoms with van der Waals surface area (Å²) < 4.78 is 10.4. The monoisotopic (exact) mass is 231 g/mol. The molecule has 4 nitrogen and oxygen atoms in total. The van der Waals surface area contributed by atoms with Crippen LogP contribution in [0.1, 0.15) is 0 Å². The third-order valence-corrected chi connectivity index (χ3v) is 2.51. The van der Waals surface area contributed by atoms with Crippen molar-refractivity contribution in [2.45, 2.75) is 0 Å². The second-order valence-electron chi connectivity index (χ2n) is 3.48. The van der Waals surface area contributed by atoms with E-state index in [9.17, 15) is 4.79 Å². The molecular formula is C13H13NO3. The van der Waals surface area contributed by atoms with Crippen LogP contribution in [0.15, 0.2) is 41.3 Å². The normalized spacial score (nSPS) is 10.0. The van der Waals surface area contributed by atoms with Gasteiger partial charge >= 0.3 is 0 Å². The number of benzene rings is 1. The van der Waals surface area contributed by atoms with Crippen molar-refractivity contribution in [3.05, 3.63) is 46.9 Å². The Labute approximate surface area is 98.8 Å². The second kappa shape index (κ2) is 4.74. The Morgan fingerprint density at radius 3 is 2.53 bits per heavy atom. The van der Waals surface area contributed by atoms with Crippen LogP contribution < -0.4 is 15.0 Å². The Balaban J connectivity index is 2.65. The maximum absolute atomic E-state index is 11.7. The lowest BCUT2D eigenvalue weighted by atomic mass is 10.1. The maximum Gasteiger partial charge on any atom is 0.255 e. The van der Waals surface area contributed by atoms with Gasteiger partial charge in [-0.1, -0.05) is 0 Å². The maximum atomic E-state index is 11.7. The quantitative estimate of drug-likeness (QED) is 0.879. The summed E-state index contributed by atoms with van der Waals surface area (Å²) in [4.78, 5) is 14.4. The summed E-state index contributed by atoms with van der Waals surface area (Å²) in [6, 6.07) is 8.87. The van der Waals surface area contributed by atoms with E-state index in [-0.39, 0.29) is 5.56 Å². The zero-order valence-electron chi connectivity index (χ0n) is 9.69. The summed E-state index contributed by atoms with van der Waals surface area (Å²) in [5, 5.41) is 0. The van der Waals surface area contributed by atoms with Crippen LogP contribution in [0.5, 0.6) is 11.5 Å². The highest BCUT2D eigenvalue weighted by atomic mass is 16.5. The first kappa shape index (κ1) is 11.3. The van der Waals surface area contributed by atoms with Crippen LogP contribution in [0.25, 0.3) is 11.1 Å². The van der Waals surface area contributed by atoms with Gasteiger partial charge in [-0.15, -0.1) is 0 Å². The topological polar surface area (TPSA) is 51.3 Å². The third kappa shape index (κ3) is 2.15. The molecule has 0 amide bonds. The van der Waals surface area contributed by atoms with Crippen LogP contribution in [-0.4, -0.2) is 19.2 Å². The molecule has 0 saturated heterocycles. The fraction of sp³-hybridized carbons (Fsp3) is 0.154. The standard InChI is InChI=1S/C13H13NO3/c1-16-9-5-6-12(17-2)11(8-9)10-4-3-7-14-13(10)15/h3-8H,1-2H3,(H,14,15). The molecule has 0 aliphatic rings. The molecule has 0 saturated carbocycles. The lowest BCUT2D eigenvalue weighted by Crippen LogP contribution is -2.07. The van der Waals surface area contributed by atoms with Crippen molar-refractivity contribution in [2.75, 3.05) is 14.2 Å². The van der Waals surface area contributed by atoms with Gasteiger partial charge in [0.15, 0.2) is 0 Å². The first-order valence-corrected chi connectivity index (χ1v) is 5.16. The van der Waals surface area contributed by atoms with Gasteiger partial charge in [0, 0.05) is 11.8 Å². The van der Waals surface area contributed by atoms with Crippen molar-refractivity contribution in [3.8, 4) is 22.6 Å². The molecule has 0 aliphatic heterocycles. The average molecular weight is 231 g/mol. The van der Waals surface area contributed by atoms with E-state index in [1.54, 1.807) is 50.7 Å². The van der Waals surface area contributed by atoms with Gasteiger partial charge in [0.25, 0.3) is 5.56 Å². The molecule has 0 fully saturated rings. The Morgan fingerprint density at radius 1 is 1.06 bits per heavy atom. The molecule has 17 heavy (non-hydrogen) atoms. The Bertz CT molecular complexity index is 575. The highest BCUT2D eigenvalue weighted by Gasteiger charge is 2.10. The zero-order valence-corrected chi connectivity index (χ0v) is 9.69. The highest BCUT2D eigenvalue weighted by Crippen LogP contribution is 2.31. The molecule has 0 bridgehead atoms. The van der Waals surface area contributed by atoms with Crippen molar-refractivity contribution in [2.24, 2.45) is 0 Å². The lowest BCUT2D eigenvalue weighted by Gasteiger charge is -2.09. The van der Waals surface area contributed by atoms with Crippen molar-refractivity contribution >= 4 is 0 Å². The van der Waals surface area contributed by atoms with E-state index in [4.69, 9.17) is 9.47 Å². The lowest BCUT2D eigenvalue weighted by molar-refractivity contribution is 0.404. The minimum absolute atomic E-state index is 0.154. The molecule has 0 spiro atoms. The van der Waals surface area contributed by atoms with Gasteiger partial charge in [0.1, 0.15) is 11.5 Å². The molecule has 0 unspecified atom stereocenters. The van der Waals surface area contributed by atoms with Crippen LogP contribution >= 0.6 is 0 Å². The van der Waals surface area contributed by atoms with Crippen LogP contribution in [0, 0.1) is 0 Å². The predicted octanol–water partition coefficient (Wildman–Crippen LogP) is 2.06. The fourth-order valence-electron chi connectivity index (χ4n) is 1.66. The van der Waals surface area contributed by atoms with Crippen molar-refractivity contribution in [1.82, 2.24) is 4.98 Å². The van der Waals surface area contributed by atoms with Crippen LogP contribution in [-0.2, 0) is 0 Å². The molecule has 0 aliphatic carbocycles. The first-order valence-electron chi connectivity index (χ1n) is 5.16. The SMILES string of the molecule is COc1ccc(OC)c(-c2ccc[nH]c2=O)c1. The molecular weight excluding hydrogens is 218 g/mol. The minimum Gasteiger partial charge on any atom is -0.497 e. The van der Waals surface area contributed by atoms with Crippen LogP contribution in [0.4, 0.5) is 0 Å². The predicted molar refractivity (Wildman–Crippen MR) is 65.6 cm³/mol. The minimum atomic E-state index is -0.154. The Kier molecular flexibility index (Phi) is 3.14. The molecule has 1 N–H and O–H groups in total. The molecule has 4 heteroatoms. The Morgan fingerprint density at radius 2 is 1.88 bits per heavy atom. The number of pyridine rings is 1. The number of aromatic amines is 1. The van der Waals surface area contributed by atoms with Crippen molar-refractivity contribution < 1.29 is 9.47 Å². The molecule has 88 valence electrons. The summed E-state index contributed by atoms with van der Waals surface area (Å²) in [6.07, 6.45) is 1.60. The average Bonchev–Trinajstić information content (AvgIpc) is 2.38. The summed E-state index contributed by atoms with van der Waals surface area (Å²) in [5.41, 5.74) is 1.12. The fourth-order valence-corrected chi connectivity index (χ4v) is 1.66. The van der Waals surface area contributed by atoms with Gasteiger partial charge in [0.2, 0.25) is 0 Å². The van der Waals surface area contributed by atoms with E-state index in [1.165, 1.54) is 0 Å². The third-order valence-electron chi connectivity index (χ3n) is 2.51. The van der Waals surface area contributed by atoms with E-state index >= 15 is 0 Å². The van der Waals surface area contributed by atoms with Gasteiger partial charge in [-0.3, -0.25) is 4.79 Å². The number of hydrogen-bond donors (Lipinski definition) is 1. The van der Waals surface area contributed by atoms with Gasteiger partial charge in [-0.2, -0.15) is 0 Å². The number of nitrogens with one attached hydrogen (secondary N) is 1. The molecule has 0 radical (unpaired) electrons. The highest BCUT2D eigenvalue weighted by molar-refractivity contribution is 5.71. The molecule has 0 atom stereocenters.